The lowest BCUT2D eigenvalue weighted by atomic mass is 10.0. The quantitative estimate of drug-likeness (QED) is 0.355. The van der Waals surface area contributed by atoms with E-state index >= 15 is 0 Å². The molecule has 5 rings (SSSR count). The molecule has 0 radical (unpaired) electrons. The lowest BCUT2D eigenvalue weighted by Gasteiger charge is -2.28. The summed E-state index contributed by atoms with van der Waals surface area (Å²) < 4.78 is 2.12. The number of nitrogens with zero attached hydrogens (tertiary/aromatic N) is 4. The van der Waals surface area contributed by atoms with Crippen LogP contribution < -0.4 is 10.6 Å². The van der Waals surface area contributed by atoms with E-state index in [0.29, 0.717) is 18.1 Å². The lowest BCUT2D eigenvalue weighted by Crippen LogP contribution is -2.33. The van der Waals surface area contributed by atoms with Crippen LogP contribution in [0.2, 0.25) is 0 Å². The number of carbonyl (C=O) groups is 1. The smallest absolute Gasteiger partial charge is 0.226 e. The van der Waals surface area contributed by atoms with Crippen LogP contribution in [0.1, 0.15) is 41.0 Å². The van der Waals surface area contributed by atoms with Gasteiger partial charge in [-0.1, -0.05) is 18.2 Å². The van der Waals surface area contributed by atoms with Crippen molar-refractivity contribution < 1.29 is 4.79 Å². The molecule has 36 heavy (non-hydrogen) atoms. The predicted octanol–water partition coefficient (Wildman–Crippen LogP) is 4.89. The maximum Gasteiger partial charge on any atom is 0.226 e. The van der Waals surface area contributed by atoms with Gasteiger partial charge in [-0.05, 0) is 79.7 Å². The van der Waals surface area contributed by atoms with Crippen LogP contribution in [0.25, 0.3) is 5.69 Å². The maximum atomic E-state index is 12.9. The zero-order chi connectivity index (χ0) is 25.1. The van der Waals surface area contributed by atoms with Crippen molar-refractivity contribution in [2.24, 2.45) is 0 Å². The van der Waals surface area contributed by atoms with Gasteiger partial charge in [-0.25, -0.2) is 0 Å². The van der Waals surface area contributed by atoms with Gasteiger partial charge in [-0.3, -0.25) is 14.8 Å². The lowest BCUT2D eigenvalue weighted by molar-refractivity contribution is -0.116. The van der Waals surface area contributed by atoms with Crippen molar-refractivity contribution in [3.05, 3.63) is 108 Å². The highest BCUT2D eigenvalue weighted by molar-refractivity contribution is 7.80. The summed E-state index contributed by atoms with van der Waals surface area (Å²) >= 11 is 5.78. The van der Waals surface area contributed by atoms with E-state index in [4.69, 9.17) is 12.2 Å². The molecule has 2 N–H and O–H groups in total. The normalized spacial score (nSPS) is 17.2. The number of amides is 1. The molecule has 0 saturated carbocycles. The first kappa shape index (κ1) is 23.7. The number of rotatable bonds is 7. The van der Waals surface area contributed by atoms with Crippen molar-refractivity contribution in [1.29, 1.82) is 0 Å². The minimum Gasteiger partial charge on any atom is -0.352 e. The van der Waals surface area contributed by atoms with Gasteiger partial charge in [0.15, 0.2) is 5.11 Å². The van der Waals surface area contributed by atoms with Gasteiger partial charge >= 0.3 is 0 Å². The SMILES string of the molecule is Cc1ccc(C)c(NC(=O)CCN2C(=S)NC(c3ccccn3)C2c2cccn2-c2cccnc2)c1. The van der Waals surface area contributed by atoms with Crippen LogP contribution in [0.4, 0.5) is 5.69 Å². The van der Waals surface area contributed by atoms with Gasteiger partial charge < -0.3 is 20.1 Å². The number of carbonyl (C=O) groups excluding carboxylic acids is 1. The van der Waals surface area contributed by atoms with Crippen LogP contribution in [0.15, 0.2) is 85.5 Å². The van der Waals surface area contributed by atoms with E-state index in [0.717, 1.165) is 33.9 Å². The molecule has 7 nitrogen and oxygen atoms in total. The summed E-state index contributed by atoms with van der Waals surface area (Å²) in [6.07, 6.45) is 7.71. The Labute approximate surface area is 216 Å². The van der Waals surface area contributed by atoms with Gasteiger partial charge in [-0.2, -0.15) is 0 Å². The van der Waals surface area contributed by atoms with Crippen molar-refractivity contribution in [1.82, 2.24) is 24.8 Å². The van der Waals surface area contributed by atoms with Crippen LogP contribution in [-0.4, -0.2) is 37.0 Å². The number of anilines is 1. The van der Waals surface area contributed by atoms with E-state index in [-0.39, 0.29) is 18.0 Å². The minimum absolute atomic E-state index is 0.0471. The Bertz CT molecular complexity index is 1370. The Balaban J connectivity index is 1.43. The van der Waals surface area contributed by atoms with Crippen molar-refractivity contribution >= 4 is 28.9 Å². The highest BCUT2D eigenvalue weighted by atomic mass is 32.1. The van der Waals surface area contributed by atoms with E-state index in [1.165, 1.54) is 0 Å². The maximum absolute atomic E-state index is 12.9. The highest BCUT2D eigenvalue weighted by Crippen LogP contribution is 2.39. The third kappa shape index (κ3) is 4.85. The largest absolute Gasteiger partial charge is 0.352 e. The average Bonchev–Trinajstić information content (AvgIpc) is 3.50. The predicted molar refractivity (Wildman–Crippen MR) is 145 cm³/mol. The summed E-state index contributed by atoms with van der Waals surface area (Å²) in [6, 6.07) is 19.7. The molecule has 8 heteroatoms. The molecule has 4 aromatic rings. The number of nitrogens with one attached hydrogen (secondary N) is 2. The van der Waals surface area contributed by atoms with E-state index in [2.05, 4.69) is 36.1 Å². The Kier molecular flexibility index (Phi) is 6.77. The van der Waals surface area contributed by atoms with E-state index in [1.807, 2.05) is 80.8 Å². The summed E-state index contributed by atoms with van der Waals surface area (Å²) in [4.78, 5) is 23.9. The van der Waals surface area contributed by atoms with Gasteiger partial charge in [0.1, 0.15) is 0 Å². The van der Waals surface area contributed by atoms with Crippen molar-refractivity contribution in [2.75, 3.05) is 11.9 Å². The monoisotopic (exact) mass is 496 g/mol. The number of hydrogen-bond donors (Lipinski definition) is 2. The number of benzene rings is 1. The zero-order valence-electron chi connectivity index (χ0n) is 20.3. The fraction of sp³-hybridized carbons (Fsp3) is 0.214. The standard InChI is InChI=1S/C28H28N6OS/c1-19-10-11-20(2)23(17-19)31-25(35)12-16-34-27(26(32-28(34)36)22-8-3-4-14-30-22)24-9-6-15-33(24)21-7-5-13-29-18-21/h3-11,13-15,17-18,26-27H,12,16H2,1-2H3,(H,31,35)(H,32,36). The van der Waals surface area contributed by atoms with Crippen molar-refractivity contribution in [3.8, 4) is 5.69 Å². The molecule has 3 aromatic heterocycles. The van der Waals surface area contributed by atoms with Gasteiger partial charge in [0.05, 0.1) is 29.7 Å². The van der Waals surface area contributed by atoms with Gasteiger partial charge in [0.2, 0.25) is 5.91 Å². The fourth-order valence-electron chi connectivity index (χ4n) is 4.64. The van der Waals surface area contributed by atoms with Crippen molar-refractivity contribution in [2.45, 2.75) is 32.4 Å². The average molecular weight is 497 g/mol. The van der Waals surface area contributed by atoms with Crippen LogP contribution in [0.5, 0.6) is 0 Å². The minimum atomic E-state index is -0.161. The first-order valence-corrected chi connectivity index (χ1v) is 12.3. The van der Waals surface area contributed by atoms with E-state index in [1.54, 1.807) is 12.4 Å². The molecule has 0 bridgehead atoms. The molecule has 2 unspecified atom stereocenters. The van der Waals surface area contributed by atoms with E-state index in [9.17, 15) is 4.79 Å². The molecule has 4 heterocycles. The van der Waals surface area contributed by atoms with Gasteiger partial charge in [0.25, 0.3) is 0 Å². The Morgan fingerprint density at radius 3 is 2.75 bits per heavy atom. The number of aryl methyl sites for hydroxylation is 2. The molecule has 1 saturated heterocycles. The molecule has 0 spiro atoms. The topological polar surface area (TPSA) is 75.1 Å². The first-order valence-electron chi connectivity index (χ1n) is 11.9. The molecule has 1 aliphatic heterocycles. The summed E-state index contributed by atoms with van der Waals surface area (Å²) in [7, 11) is 0. The van der Waals surface area contributed by atoms with E-state index < -0.39 is 0 Å². The summed E-state index contributed by atoms with van der Waals surface area (Å²) in [5, 5.41) is 7.13. The molecule has 1 aromatic carbocycles. The molecular formula is C28H28N6OS. The molecule has 182 valence electrons. The third-order valence-electron chi connectivity index (χ3n) is 6.45. The molecule has 1 amide bonds. The fourth-order valence-corrected chi connectivity index (χ4v) is 4.97. The number of thiocarbonyl (C=S) groups is 1. The number of hydrogen-bond acceptors (Lipinski definition) is 4. The third-order valence-corrected chi connectivity index (χ3v) is 6.80. The molecule has 2 atom stereocenters. The first-order chi connectivity index (χ1) is 17.5. The molecule has 0 aliphatic carbocycles. The zero-order valence-corrected chi connectivity index (χ0v) is 21.1. The second-order valence-electron chi connectivity index (χ2n) is 8.95. The highest BCUT2D eigenvalue weighted by Gasteiger charge is 2.41. The van der Waals surface area contributed by atoms with Crippen LogP contribution >= 0.6 is 12.2 Å². The summed E-state index contributed by atoms with van der Waals surface area (Å²) in [6.45, 7) is 4.48. The van der Waals surface area contributed by atoms with Crippen LogP contribution in [-0.2, 0) is 4.79 Å². The van der Waals surface area contributed by atoms with Gasteiger partial charge in [-0.15, -0.1) is 0 Å². The molecular weight excluding hydrogens is 468 g/mol. The van der Waals surface area contributed by atoms with Crippen LogP contribution in [0, 0.1) is 13.8 Å². The summed E-state index contributed by atoms with van der Waals surface area (Å²) in [5.41, 5.74) is 5.88. The second kappa shape index (κ2) is 10.3. The van der Waals surface area contributed by atoms with Crippen molar-refractivity contribution in [3.63, 3.8) is 0 Å². The Morgan fingerprint density at radius 1 is 1.08 bits per heavy atom. The van der Waals surface area contributed by atoms with Crippen LogP contribution in [0.3, 0.4) is 0 Å². The summed E-state index contributed by atoms with van der Waals surface area (Å²) in [5.74, 6) is -0.0471. The second-order valence-corrected chi connectivity index (χ2v) is 9.34. The Hall–Kier alpha value is -4.04. The number of pyridine rings is 2. The molecule has 1 fully saturated rings. The molecule has 1 aliphatic rings. The number of aromatic nitrogens is 3. The Morgan fingerprint density at radius 2 is 1.97 bits per heavy atom. The van der Waals surface area contributed by atoms with Gasteiger partial charge in [0, 0.05) is 42.9 Å².